The van der Waals surface area contributed by atoms with Crippen LogP contribution in [0.4, 0.5) is 34.1 Å². The van der Waals surface area contributed by atoms with Crippen molar-refractivity contribution in [1.29, 1.82) is 0 Å². The first-order valence-corrected chi connectivity index (χ1v) is 15.7. The molecular formula is C26H10N8O8S4. The smallest absolute Gasteiger partial charge is 0.258 e. The second-order valence-electron chi connectivity index (χ2n) is 9.44. The first kappa shape index (κ1) is 29.0. The predicted molar refractivity (Wildman–Crippen MR) is 173 cm³/mol. The Labute approximate surface area is 270 Å². The van der Waals surface area contributed by atoms with Gasteiger partial charge in [0.2, 0.25) is 0 Å². The van der Waals surface area contributed by atoms with Crippen molar-refractivity contribution in [3.63, 3.8) is 0 Å². The third kappa shape index (κ3) is 4.72. The summed E-state index contributed by atoms with van der Waals surface area (Å²) < 4.78 is 18.2. The monoisotopic (exact) mass is 690 g/mol. The van der Waals surface area contributed by atoms with Crippen LogP contribution in [0.2, 0.25) is 0 Å². The lowest BCUT2D eigenvalue weighted by atomic mass is 10.0. The van der Waals surface area contributed by atoms with Crippen molar-refractivity contribution in [2.75, 3.05) is 0 Å². The Morgan fingerprint density at radius 3 is 1.28 bits per heavy atom. The standard InChI is InChI=1S/C26H10N8O8S4/c35-31(36)13-3-1-11(9-15(13)33(39)40)17-5-7-19(43-17)21-23-25(29-45-27-23)22(26-24(21)28-46-30-26)20-8-6-18(44-20)12-2-4-14(32(37)38)16(10-12)34(41)42/h1-10H. The summed E-state index contributed by atoms with van der Waals surface area (Å²) in [6, 6.07) is 14.6. The number of hydrogen-bond donors (Lipinski definition) is 0. The van der Waals surface area contributed by atoms with Gasteiger partial charge in [-0.2, -0.15) is 17.5 Å². The molecule has 1 aliphatic heterocycles. The lowest BCUT2D eigenvalue weighted by Crippen LogP contribution is -1.96. The molecule has 46 heavy (non-hydrogen) atoms. The van der Waals surface area contributed by atoms with Crippen LogP contribution in [-0.4, -0.2) is 28.4 Å². The molecule has 0 bridgehead atoms. The van der Waals surface area contributed by atoms with Gasteiger partial charge in [-0.3, -0.25) is 40.5 Å². The molecule has 4 heterocycles. The highest BCUT2D eigenvalue weighted by Crippen LogP contribution is 2.55. The number of thiophene rings is 2. The number of nitro benzene ring substituents is 4. The number of aromatic nitrogens is 2. The van der Waals surface area contributed by atoms with E-state index in [0.29, 0.717) is 54.4 Å². The Bertz CT molecular complexity index is 2250. The molecule has 7 rings (SSSR count). The summed E-state index contributed by atoms with van der Waals surface area (Å²) in [5.41, 5.74) is 1.94. The van der Waals surface area contributed by atoms with Crippen molar-refractivity contribution in [2.24, 2.45) is 8.73 Å². The second kappa shape index (κ2) is 11.0. The molecule has 16 nitrogen and oxygen atoms in total. The number of rotatable bonds is 8. The summed E-state index contributed by atoms with van der Waals surface area (Å²) in [6.07, 6.45) is 0. The van der Waals surface area contributed by atoms with Crippen LogP contribution in [0.1, 0.15) is 0 Å². The summed E-state index contributed by atoms with van der Waals surface area (Å²) >= 11 is 4.58. The molecule has 0 aliphatic carbocycles. The van der Waals surface area contributed by atoms with Gasteiger partial charge in [-0.15, -0.1) is 22.7 Å². The van der Waals surface area contributed by atoms with Gasteiger partial charge in [-0.1, -0.05) is 0 Å². The van der Waals surface area contributed by atoms with Crippen LogP contribution in [0.3, 0.4) is 0 Å². The van der Waals surface area contributed by atoms with E-state index in [1.54, 1.807) is 12.1 Å². The lowest BCUT2D eigenvalue weighted by molar-refractivity contribution is -0.422. The van der Waals surface area contributed by atoms with Crippen LogP contribution in [0, 0.1) is 40.5 Å². The SMILES string of the molecule is O=[N+]([O-])c1ccc(-c2ccc(-c3c4c(c(-c5ccc(-c6ccc([N+](=O)[O-])c([N+](=O)[O-])c6)s5)c5nsnc35)N=S=N4)s2)cc1[N+](=O)[O-]. The normalized spacial score (nSPS) is 11.8. The van der Waals surface area contributed by atoms with E-state index in [4.69, 9.17) is 0 Å². The topological polar surface area (TPSA) is 223 Å². The minimum atomic E-state index is -0.798. The van der Waals surface area contributed by atoms with Crippen molar-refractivity contribution in [3.05, 3.63) is 101 Å². The van der Waals surface area contributed by atoms with Crippen LogP contribution >= 0.6 is 34.4 Å². The maximum atomic E-state index is 11.5. The summed E-state index contributed by atoms with van der Waals surface area (Å²) in [5, 5.41) is 45.6. The Hall–Kier alpha value is -5.70. The molecule has 3 aromatic carbocycles. The molecule has 0 N–H and O–H groups in total. The number of hydrogen-bond acceptors (Lipinski definition) is 15. The van der Waals surface area contributed by atoms with E-state index in [-0.39, 0.29) is 0 Å². The lowest BCUT2D eigenvalue weighted by Gasteiger charge is -2.09. The molecule has 0 spiro atoms. The van der Waals surface area contributed by atoms with Crippen LogP contribution < -0.4 is 0 Å². The highest BCUT2D eigenvalue weighted by Gasteiger charge is 2.30. The molecule has 0 radical (unpaired) electrons. The molecule has 0 fully saturated rings. The minimum Gasteiger partial charge on any atom is -0.258 e. The molecule has 6 aromatic rings. The van der Waals surface area contributed by atoms with E-state index in [0.717, 1.165) is 45.0 Å². The largest absolute Gasteiger partial charge is 0.346 e. The first-order valence-electron chi connectivity index (χ1n) is 12.6. The van der Waals surface area contributed by atoms with E-state index in [2.05, 4.69) is 17.5 Å². The summed E-state index contributed by atoms with van der Waals surface area (Å²) in [6.45, 7) is 0. The Kier molecular flexibility index (Phi) is 6.96. The Morgan fingerprint density at radius 1 is 0.500 bits per heavy atom. The van der Waals surface area contributed by atoms with Crippen molar-refractivity contribution in [2.45, 2.75) is 0 Å². The second-order valence-corrected chi connectivity index (χ2v) is 12.7. The molecule has 0 atom stereocenters. The van der Waals surface area contributed by atoms with Crippen LogP contribution in [-0.2, 0) is 11.4 Å². The molecular weight excluding hydrogens is 681 g/mol. The quantitative estimate of drug-likeness (QED) is 0.109. The highest BCUT2D eigenvalue weighted by atomic mass is 32.1. The summed E-state index contributed by atoms with van der Waals surface area (Å²) in [7, 11) is 0. The van der Waals surface area contributed by atoms with Gasteiger partial charge in [0, 0.05) is 54.9 Å². The van der Waals surface area contributed by atoms with Gasteiger partial charge in [0.05, 0.1) is 42.8 Å². The number of benzene rings is 3. The van der Waals surface area contributed by atoms with Gasteiger partial charge in [-0.05, 0) is 47.5 Å². The maximum absolute atomic E-state index is 11.5. The fourth-order valence-electron chi connectivity index (χ4n) is 4.93. The zero-order valence-corrected chi connectivity index (χ0v) is 25.5. The average molecular weight is 691 g/mol. The van der Waals surface area contributed by atoms with Crippen molar-refractivity contribution >= 4 is 90.9 Å². The number of fused-ring (bicyclic) bond motifs is 2. The van der Waals surface area contributed by atoms with Crippen LogP contribution in [0.5, 0.6) is 0 Å². The van der Waals surface area contributed by atoms with Crippen molar-refractivity contribution in [1.82, 2.24) is 8.75 Å². The maximum Gasteiger partial charge on any atom is 0.346 e. The number of nitro groups is 4. The molecule has 3 aromatic heterocycles. The third-order valence-corrected chi connectivity index (χ3v) is 10.3. The highest BCUT2D eigenvalue weighted by molar-refractivity contribution is 7.58. The zero-order valence-electron chi connectivity index (χ0n) is 22.3. The van der Waals surface area contributed by atoms with Crippen LogP contribution in [0.15, 0.2) is 69.4 Å². The van der Waals surface area contributed by atoms with Crippen LogP contribution in [0.25, 0.3) is 52.8 Å². The van der Waals surface area contributed by atoms with Gasteiger partial charge in [0.25, 0.3) is 0 Å². The zero-order chi connectivity index (χ0) is 32.3. The van der Waals surface area contributed by atoms with Gasteiger partial charge >= 0.3 is 22.7 Å². The molecule has 0 saturated heterocycles. The van der Waals surface area contributed by atoms with Gasteiger partial charge < -0.3 is 0 Å². The molecule has 0 amide bonds. The van der Waals surface area contributed by atoms with E-state index >= 15 is 0 Å². The minimum absolute atomic E-state index is 0.433. The molecule has 20 heteroatoms. The Balaban J connectivity index is 1.32. The Morgan fingerprint density at radius 2 is 0.891 bits per heavy atom. The van der Waals surface area contributed by atoms with E-state index < -0.39 is 42.4 Å². The van der Waals surface area contributed by atoms with Crippen molar-refractivity contribution in [3.8, 4) is 41.8 Å². The van der Waals surface area contributed by atoms with Gasteiger partial charge in [0.15, 0.2) is 0 Å². The number of nitrogens with zero attached hydrogens (tertiary/aromatic N) is 8. The summed E-state index contributed by atoms with van der Waals surface area (Å²) in [5.74, 6) is 0. The fourth-order valence-corrected chi connectivity index (χ4v) is 8.15. The summed E-state index contributed by atoms with van der Waals surface area (Å²) in [4.78, 5) is 45.1. The predicted octanol–water partition coefficient (Wildman–Crippen LogP) is 8.84. The molecule has 226 valence electrons. The van der Waals surface area contributed by atoms with E-state index in [1.165, 1.54) is 46.9 Å². The van der Waals surface area contributed by atoms with E-state index in [1.807, 2.05) is 12.1 Å². The average Bonchev–Trinajstić information content (AvgIpc) is 3.86. The molecule has 0 unspecified atom stereocenters. The third-order valence-electron chi connectivity index (χ3n) is 6.94. The first-order chi connectivity index (χ1) is 22.1. The van der Waals surface area contributed by atoms with Crippen molar-refractivity contribution < 1.29 is 19.7 Å². The van der Waals surface area contributed by atoms with E-state index in [9.17, 15) is 40.5 Å². The van der Waals surface area contributed by atoms with Gasteiger partial charge in [0.1, 0.15) is 22.4 Å². The fraction of sp³-hybridized carbons (Fsp3) is 0. The molecule has 1 aliphatic rings. The van der Waals surface area contributed by atoms with Gasteiger partial charge in [-0.25, -0.2) is 0 Å². The molecule has 0 saturated carbocycles.